The van der Waals surface area contributed by atoms with Crippen molar-refractivity contribution in [2.45, 2.75) is 19.5 Å². The van der Waals surface area contributed by atoms with E-state index in [1.165, 1.54) is 0 Å². The van der Waals surface area contributed by atoms with Crippen molar-refractivity contribution in [2.24, 2.45) is 0 Å². The van der Waals surface area contributed by atoms with Gasteiger partial charge in [0, 0.05) is 24.3 Å². The molecule has 78 valence electrons. The van der Waals surface area contributed by atoms with Crippen molar-refractivity contribution in [2.75, 3.05) is 0 Å². The van der Waals surface area contributed by atoms with Crippen LogP contribution in [0.2, 0.25) is 0 Å². The van der Waals surface area contributed by atoms with Crippen molar-refractivity contribution >= 4 is 0 Å². The summed E-state index contributed by atoms with van der Waals surface area (Å²) in [5.74, 6) is 0. The lowest BCUT2D eigenvalue weighted by Crippen LogP contribution is -2.18. The van der Waals surface area contributed by atoms with Gasteiger partial charge in [0.15, 0.2) is 0 Å². The summed E-state index contributed by atoms with van der Waals surface area (Å²) in [6.07, 6.45) is 5.09. The largest absolute Gasteiger partial charge is 0.472 e. The lowest BCUT2D eigenvalue weighted by Gasteiger charge is -2.10. The van der Waals surface area contributed by atoms with Crippen LogP contribution in [0.4, 0.5) is 0 Å². The van der Waals surface area contributed by atoms with Crippen LogP contribution in [0.25, 0.3) is 0 Å². The highest BCUT2D eigenvalue weighted by Crippen LogP contribution is 2.12. The Balaban J connectivity index is 1.89. The fraction of sp³-hybridized carbons (Fsp3) is 0.273. The van der Waals surface area contributed by atoms with Gasteiger partial charge in [0.2, 0.25) is 0 Å². The Morgan fingerprint density at radius 1 is 1.47 bits per heavy atom. The van der Waals surface area contributed by atoms with E-state index in [1.807, 2.05) is 18.2 Å². The van der Waals surface area contributed by atoms with Crippen LogP contribution in [0.1, 0.15) is 24.2 Å². The molecule has 4 heteroatoms. The number of aromatic nitrogens is 2. The maximum Gasteiger partial charge on any atom is 0.0950 e. The minimum Gasteiger partial charge on any atom is -0.472 e. The van der Waals surface area contributed by atoms with Gasteiger partial charge in [0.1, 0.15) is 0 Å². The van der Waals surface area contributed by atoms with Gasteiger partial charge >= 0.3 is 0 Å². The van der Waals surface area contributed by atoms with Crippen LogP contribution >= 0.6 is 0 Å². The summed E-state index contributed by atoms with van der Waals surface area (Å²) in [6.45, 7) is 2.79. The van der Waals surface area contributed by atoms with Gasteiger partial charge in [0.05, 0.1) is 18.2 Å². The average Bonchev–Trinajstić information content (AvgIpc) is 2.81. The van der Waals surface area contributed by atoms with Gasteiger partial charge in [-0.15, -0.1) is 0 Å². The molecule has 1 unspecified atom stereocenters. The highest BCUT2D eigenvalue weighted by atomic mass is 16.3. The highest BCUT2D eigenvalue weighted by molar-refractivity contribution is 5.10. The maximum atomic E-state index is 5.02. The molecule has 0 aliphatic heterocycles. The molecule has 2 rings (SSSR count). The quantitative estimate of drug-likeness (QED) is 0.824. The van der Waals surface area contributed by atoms with E-state index in [0.29, 0.717) is 6.54 Å². The first-order valence-electron chi connectivity index (χ1n) is 4.88. The zero-order valence-electron chi connectivity index (χ0n) is 8.55. The van der Waals surface area contributed by atoms with Crippen molar-refractivity contribution < 1.29 is 4.42 Å². The molecule has 0 spiro atoms. The molecule has 0 bridgehead atoms. The van der Waals surface area contributed by atoms with E-state index < -0.39 is 0 Å². The highest BCUT2D eigenvalue weighted by Gasteiger charge is 2.05. The third-order valence-corrected chi connectivity index (χ3v) is 2.26. The van der Waals surface area contributed by atoms with E-state index in [-0.39, 0.29) is 6.04 Å². The van der Waals surface area contributed by atoms with Gasteiger partial charge in [-0.2, -0.15) is 10.2 Å². The topological polar surface area (TPSA) is 51.0 Å². The molecule has 0 saturated heterocycles. The van der Waals surface area contributed by atoms with Crippen LogP contribution in [0.15, 0.2) is 41.3 Å². The second kappa shape index (κ2) is 4.70. The summed E-state index contributed by atoms with van der Waals surface area (Å²) in [7, 11) is 0. The van der Waals surface area contributed by atoms with Crippen LogP contribution in [0.5, 0.6) is 0 Å². The molecule has 15 heavy (non-hydrogen) atoms. The SMILES string of the molecule is CC(NCc1cccnn1)c1ccoc1. The van der Waals surface area contributed by atoms with Gasteiger partial charge in [-0.25, -0.2) is 0 Å². The average molecular weight is 203 g/mol. The number of nitrogens with zero attached hydrogens (tertiary/aromatic N) is 2. The minimum atomic E-state index is 0.255. The van der Waals surface area contributed by atoms with Crippen molar-refractivity contribution in [3.63, 3.8) is 0 Å². The second-order valence-electron chi connectivity index (χ2n) is 3.37. The van der Waals surface area contributed by atoms with Gasteiger partial charge in [-0.05, 0) is 25.1 Å². The Labute approximate surface area is 88.3 Å². The first kappa shape index (κ1) is 9.86. The van der Waals surface area contributed by atoms with Gasteiger partial charge in [-0.3, -0.25) is 0 Å². The molecular weight excluding hydrogens is 190 g/mol. The minimum absolute atomic E-state index is 0.255. The van der Waals surface area contributed by atoms with Crippen LogP contribution in [0.3, 0.4) is 0 Å². The summed E-state index contributed by atoms with van der Waals surface area (Å²) >= 11 is 0. The predicted molar refractivity (Wildman–Crippen MR) is 56.0 cm³/mol. The van der Waals surface area contributed by atoms with E-state index in [9.17, 15) is 0 Å². The Bertz CT molecular complexity index is 385. The predicted octanol–water partition coefficient (Wildman–Crippen LogP) is 1.92. The number of nitrogens with one attached hydrogen (secondary N) is 1. The van der Waals surface area contributed by atoms with Crippen molar-refractivity contribution in [3.05, 3.63) is 48.2 Å². The third kappa shape index (κ3) is 2.63. The summed E-state index contributed by atoms with van der Waals surface area (Å²) in [5.41, 5.74) is 2.08. The molecule has 0 aromatic carbocycles. The first-order chi connectivity index (χ1) is 7.36. The Hall–Kier alpha value is -1.68. The molecule has 0 saturated carbocycles. The fourth-order valence-electron chi connectivity index (χ4n) is 1.32. The second-order valence-corrected chi connectivity index (χ2v) is 3.37. The number of rotatable bonds is 4. The van der Waals surface area contributed by atoms with Gasteiger partial charge < -0.3 is 9.73 Å². The molecule has 0 radical (unpaired) electrons. The van der Waals surface area contributed by atoms with Gasteiger partial charge in [0.25, 0.3) is 0 Å². The van der Waals surface area contributed by atoms with E-state index in [2.05, 4.69) is 22.4 Å². The molecule has 0 amide bonds. The van der Waals surface area contributed by atoms with Crippen LogP contribution < -0.4 is 5.32 Å². The van der Waals surface area contributed by atoms with Crippen molar-refractivity contribution in [1.82, 2.24) is 15.5 Å². The monoisotopic (exact) mass is 203 g/mol. The number of hydrogen-bond acceptors (Lipinski definition) is 4. The summed E-state index contributed by atoms with van der Waals surface area (Å²) in [6, 6.07) is 6.04. The van der Waals surface area contributed by atoms with Crippen LogP contribution in [0, 0.1) is 0 Å². The van der Waals surface area contributed by atoms with Crippen LogP contribution in [-0.2, 0) is 6.54 Å². The van der Waals surface area contributed by atoms with E-state index in [4.69, 9.17) is 4.42 Å². The molecule has 1 N–H and O–H groups in total. The van der Waals surface area contributed by atoms with Crippen molar-refractivity contribution in [1.29, 1.82) is 0 Å². The Morgan fingerprint density at radius 2 is 2.40 bits per heavy atom. The Kier molecular flexibility index (Phi) is 3.09. The van der Waals surface area contributed by atoms with E-state index in [0.717, 1.165) is 11.3 Å². The lowest BCUT2D eigenvalue weighted by molar-refractivity contribution is 0.534. The summed E-state index contributed by atoms with van der Waals surface area (Å²) < 4.78 is 5.02. The molecule has 2 heterocycles. The van der Waals surface area contributed by atoms with Gasteiger partial charge in [-0.1, -0.05) is 0 Å². The third-order valence-electron chi connectivity index (χ3n) is 2.26. The zero-order chi connectivity index (χ0) is 10.5. The molecule has 0 aliphatic carbocycles. The normalized spacial score (nSPS) is 12.6. The molecule has 2 aromatic rings. The zero-order valence-corrected chi connectivity index (χ0v) is 8.55. The molecule has 2 aromatic heterocycles. The fourth-order valence-corrected chi connectivity index (χ4v) is 1.32. The Morgan fingerprint density at radius 3 is 3.07 bits per heavy atom. The molecule has 0 aliphatic rings. The van der Waals surface area contributed by atoms with Crippen LogP contribution in [-0.4, -0.2) is 10.2 Å². The molecule has 1 atom stereocenters. The summed E-state index contributed by atoms with van der Waals surface area (Å²) in [5, 5.41) is 11.2. The molecular formula is C11H13N3O. The number of hydrogen-bond donors (Lipinski definition) is 1. The first-order valence-corrected chi connectivity index (χ1v) is 4.88. The standard InChI is InChI=1S/C11H13N3O/c1-9(10-4-6-15-8-10)12-7-11-3-2-5-13-14-11/h2-6,8-9,12H,7H2,1H3. The van der Waals surface area contributed by atoms with E-state index in [1.54, 1.807) is 18.7 Å². The summed E-state index contributed by atoms with van der Waals surface area (Å²) in [4.78, 5) is 0. The smallest absolute Gasteiger partial charge is 0.0950 e. The lowest BCUT2D eigenvalue weighted by atomic mass is 10.2. The molecule has 4 nitrogen and oxygen atoms in total. The van der Waals surface area contributed by atoms with E-state index >= 15 is 0 Å². The maximum absolute atomic E-state index is 5.02. The molecule has 0 fully saturated rings. The van der Waals surface area contributed by atoms with Crippen molar-refractivity contribution in [3.8, 4) is 0 Å². The number of furan rings is 1.